The summed E-state index contributed by atoms with van der Waals surface area (Å²) in [6.07, 6.45) is -5.99. The fourth-order valence-electron chi connectivity index (χ4n) is 2.00. The first-order valence-corrected chi connectivity index (χ1v) is 6.71. The summed E-state index contributed by atoms with van der Waals surface area (Å²) < 4.78 is 80.4. The Morgan fingerprint density at radius 1 is 1.00 bits per heavy atom. The van der Waals surface area contributed by atoms with Crippen molar-refractivity contribution in [1.29, 1.82) is 0 Å². The first-order chi connectivity index (χ1) is 11.6. The number of pyridine rings is 1. The van der Waals surface area contributed by atoms with E-state index in [0.717, 1.165) is 10.7 Å². The van der Waals surface area contributed by atoms with E-state index in [9.17, 15) is 26.3 Å². The van der Waals surface area contributed by atoms with Gasteiger partial charge in [0.25, 0.3) is 0 Å². The zero-order valence-corrected chi connectivity index (χ0v) is 12.1. The highest BCUT2D eigenvalue weighted by Gasteiger charge is 2.35. The van der Waals surface area contributed by atoms with Gasteiger partial charge in [0.15, 0.2) is 12.3 Å². The van der Waals surface area contributed by atoms with E-state index in [1.807, 2.05) is 0 Å². The van der Waals surface area contributed by atoms with Gasteiger partial charge in [0.2, 0.25) is 5.88 Å². The van der Waals surface area contributed by atoms with E-state index in [1.165, 1.54) is 24.4 Å². The van der Waals surface area contributed by atoms with E-state index in [0.29, 0.717) is 11.8 Å². The van der Waals surface area contributed by atoms with Crippen molar-refractivity contribution in [3.8, 4) is 17.1 Å². The Morgan fingerprint density at radius 2 is 1.76 bits per heavy atom. The number of hydrogen-bond acceptors (Lipinski definition) is 4. The van der Waals surface area contributed by atoms with Gasteiger partial charge in [-0.25, -0.2) is 14.5 Å². The molecule has 0 aliphatic carbocycles. The minimum atomic E-state index is -4.61. The molecule has 0 fully saturated rings. The summed E-state index contributed by atoms with van der Waals surface area (Å²) in [7, 11) is 0. The van der Waals surface area contributed by atoms with Crippen molar-refractivity contribution in [3.63, 3.8) is 0 Å². The van der Waals surface area contributed by atoms with E-state index in [-0.39, 0.29) is 17.2 Å². The minimum absolute atomic E-state index is 0.161. The van der Waals surface area contributed by atoms with Crippen molar-refractivity contribution in [3.05, 3.63) is 42.4 Å². The second kappa shape index (κ2) is 5.90. The van der Waals surface area contributed by atoms with Gasteiger partial charge in [0.05, 0.1) is 11.9 Å². The van der Waals surface area contributed by atoms with Gasteiger partial charge >= 0.3 is 12.4 Å². The van der Waals surface area contributed by atoms with Crippen LogP contribution in [-0.2, 0) is 6.18 Å². The van der Waals surface area contributed by atoms with E-state index in [4.69, 9.17) is 0 Å². The quantitative estimate of drug-likeness (QED) is 0.666. The van der Waals surface area contributed by atoms with Crippen molar-refractivity contribution in [2.75, 3.05) is 6.61 Å². The molecule has 11 heteroatoms. The SMILES string of the molecule is FC(F)(F)COc1ccc(-c2ccn3ncc(C(F)(F)F)c3n2)cn1. The van der Waals surface area contributed by atoms with E-state index in [2.05, 4.69) is 19.8 Å². The minimum Gasteiger partial charge on any atom is -0.468 e. The summed E-state index contributed by atoms with van der Waals surface area (Å²) in [6.45, 7) is -1.49. The van der Waals surface area contributed by atoms with E-state index in [1.54, 1.807) is 0 Å². The number of rotatable bonds is 3. The molecule has 3 aromatic rings. The smallest absolute Gasteiger partial charge is 0.422 e. The molecule has 5 nitrogen and oxygen atoms in total. The van der Waals surface area contributed by atoms with Crippen LogP contribution in [0.1, 0.15) is 5.56 Å². The molecule has 3 heterocycles. The fourth-order valence-corrected chi connectivity index (χ4v) is 2.00. The van der Waals surface area contributed by atoms with Gasteiger partial charge in [0, 0.05) is 24.0 Å². The van der Waals surface area contributed by atoms with Crippen molar-refractivity contribution in [2.24, 2.45) is 0 Å². The van der Waals surface area contributed by atoms with Crippen LogP contribution in [0.15, 0.2) is 36.8 Å². The summed E-state index contributed by atoms with van der Waals surface area (Å²) in [5.41, 5.74) is -0.903. The van der Waals surface area contributed by atoms with Crippen LogP contribution in [-0.4, -0.2) is 32.4 Å². The molecule has 0 saturated carbocycles. The molecule has 3 rings (SSSR count). The molecule has 0 saturated heterocycles. The Hall–Kier alpha value is -2.85. The second-order valence-corrected chi connectivity index (χ2v) is 4.93. The molecular formula is C14H8F6N4O. The molecule has 0 aliphatic heterocycles. The maximum atomic E-state index is 12.9. The van der Waals surface area contributed by atoms with Crippen molar-refractivity contribution in [1.82, 2.24) is 19.6 Å². The van der Waals surface area contributed by atoms with Crippen LogP contribution in [0.5, 0.6) is 5.88 Å². The van der Waals surface area contributed by atoms with Crippen LogP contribution in [0.25, 0.3) is 16.9 Å². The largest absolute Gasteiger partial charge is 0.468 e. The third-order valence-electron chi connectivity index (χ3n) is 3.09. The number of hydrogen-bond donors (Lipinski definition) is 0. The molecule has 0 N–H and O–H groups in total. The highest BCUT2D eigenvalue weighted by molar-refractivity contribution is 5.62. The maximum absolute atomic E-state index is 12.9. The second-order valence-electron chi connectivity index (χ2n) is 4.93. The molecule has 0 bridgehead atoms. The van der Waals surface area contributed by atoms with Crippen LogP contribution < -0.4 is 4.74 Å². The third kappa shape index (κ3) is 3.80. The zero-order valence-electron chi connectivity index (χ0n) is 12.1. The third-order valence-corrected chi connectivity index (χ3v) is 3.09. The average Bonchev–Trinajstić information content (AvgIpc) is 2.96. The molecular weight excluding hydrogens is 354 g/mol. The van der Waals surface area contributed by atoms with Crippen molar-refractivity contribution >= 4 is 5.65 Å². The Balaban J connectivity index is 1.89. The first kappa shape index (κ1) is 17.0. The van der Waals surface area contributed by atoms with Crippen molar-refractivity contribution in [2.45, 2.75) is 12.4 Å². The molecule has 3 aromatic heterocycles. The lowest BCUT2D eigenvalue weighted by atomic mass is 10.2. The van der Waals surface area contributed by atoms with Crippen LogP contribution in [0.2, 0.25) is 0 Å². The predicted octanol–water partition coefficient (Wildman–Crippen LogP) is 3.75. The number of alkyl halides is 6. The highest BCUT2D eigenvalue weighted by atomic mass is 19.4. The van der Waals surface area contributed by atoms with Crippen LogP contribution in [0, 0.1) is 0 Å². The summed E-state index contributed by atoms with van der Waals surface area (Å²) in [5, 5.41) is 3.57. The molecule has 0 spiro atoms. The fraction of sp³-hybridized carbons (Fsp3) is 0.214. The Kier molecular flexibility index (Phi) is 4.01. The molecule has 0 aliphatic rings. The first-order valence-electron chi connectivity index (χ1n) is 6.71. The number of halogens is 6. The van der Waals surface area contributed by atoms with E-state index < -0.39 is 24.5 Å². The van der Waals surface area contributed by atoms with Gasteiger partial charge in [-0.1, -0.05) is 0 Å². The number of ether oxygens (including phenoxy) is 1. The Morgan fingerprint density at radius 3 is 2.36 bits per heavy atom. The number of aromatic nitrogens is 4. The van der Waals surface area contributed by atoms with Crippen LogP contribution >= 0.6 is 0 Å². The van der Waals surface area contributed by atoms with Gasteiger partial charge in [0.1, 0.15) is 5.56 Å². The van der Waals surface area contributed by atoms with Gasteiger partial charge in [-0.15, -0.1) is 0 Å². The zero-order chi connectivity index (χ0) is 18.2. The molecule has 0 unspecified atom stereocenters. The van der Waals surface area contributed by atoms with Gasteiger partial charge < -0.3 is 4.74 Å². The molecule has 0 aromatic carbocycles. The lowest BCUT2D eigenvalue weighted by molar-refractivity contribution is -0.154. The maximum Gasteiger partial charge on any atom is 0.422 e. The molecule has 132 valence electrons. The number of nitrogens with zero attached hydrogens (tertiary/aromatic N) is 4. The number of fused-ring (bicyclic) bond motifs is 1. The van der Waals surface area contributed by atoms with Gasteiger partial charge in [-0.3, -0.25) is 0 Å². The molecule has 0 radical (unpaired) electrons. The standard InChI is InChI=1S/C14H8F6N4O/c15-13(16,17)7-25-11-2-1-8(5-21-11)10-3-4-24-12(23-10)9(6-22-24)14(18,19)20/h1-6H,7H2. The van der Waals surface area contributed by atoms with Crippen LogP contribution in [0.4, 0.5) is 26.3 Å². The average molecular weight is 362 g/mol. The van der Waals surface area contributed by atoms with Gasteiger partial charge in [-0.05, 0) is 12.1 Å². The lowest BCUT2D eigenvalue weighted by Gasteiger charge is -2.09. The lowest BCUT2D eigenvalue weighted by Crippen LogP contribution is -2.19. The topological polar surface area (TPSA) is 52.3 Å². The summed E-state index contributed by atoms with van der Waals surface area (Å²) >= 11 is 0. The summed E-state index contributed by atoms with van der Waals surface area (Å²) in [4.78, 5) is 7.60. The normalized spacial score (nSPS) is 12.6. The highest BCUT2D eigenvalue weighted by Crippen LogP contribution is 2.32. The van der Waals surface area contributed by atoms with Crippen molar-refractivity contribution < 1.29 is 31.1 Å². The molecule has 0 amide bonds. The Labute approximate surface area is 135 Å². The Bertz CT molecular complexity index is 885. The monoisotopic (exact) mass is 362 g/mol. The molecule has 0 atom stereocenters. The summed E-state index contributed by atoms with van der Waals surface area (Å²) in [5.74, 6) is -0.262. The predicted molar refractivity (Wildman–Crippen MR) is 72.8 cm³/mol. The van der Waals surface area contributed by atoms with Gasteiger partial charge in [-0.2, -0.15) is 31.4 Å². The summed E-state index contributed by atoms with van der Waals surface area (Å²) in [6, 6.07) is 3.93. The van der Waals surface area contributed by atoms with Crippen LogP contribution in [0.3, 0.4) is 0 Å². The molecule has 25 heavy (non-hydrogen) atoms. The van der Waals surface area contributed by atoms with E-state index >= 15 is 0 Å².